The van der Waals surface area contributed by atoms with Crippen LogP contribution in [0, 0.1) is 17.2 Å². The van der Waals surface area contributed by atoms with Crippen LogP contribution in [0.5, 0.6) is 0 Å². The summed E-state index contributed by atoms with van der Waals surface area (Å²) in [6, 6.07) is 19.1. The quantitative estimate of drug-likeness (QED) is 0.451. The molecule has 0 heterocycles. The van der Waals surface area contributed by atoms with Gasteiger partial charge in [0.2, 0.25) is 0 Å². The van der Waals surface area contributed by atoms with Crippen molar-refractivity contribution in [1.82, 2.24) is 4.90 Å². The van der Waals surface area contributed by atoms with Gasteiger partial charge in [-0.15, -0.1) is 0 Å². The summed E-state index contributed by atoms with van der Waals surface area (Å²) in [5.74, 6) is 0.177. The third-order valence-electron chi connectivity index (χ3n) is 5.92. The molecule has 0 saturated heterocycles. The minimum absolute atomic E-state index is 0.177. The topological polar surface area (TPSA) is 27.0 Å². The van der Waals surface area contributed by atoms with Crippen LogP contribution in [-0.4, -0.2) is 24.5 Å². The van der Waals surface area contributed by atoms with E-state index in [4.69, 9.17) is 23.2 Å². The lowest BCUT2D eigenvalue weighted by Gasteiger charge is -2.34. The van der Waals surface area contributed by atoms with Crippen molar-refractivity contribution in [2.75, 3.05) is 13.6 Å². The van der Waals surface area contributed by atoms with Gasteiger partial charge in [0.1, 0.15) is 0 Å². The van der Waals surface area contributed by atoms with Crippen LogP contribution in [0.3, 0.4) is 0 Å². The smallest absolute Gasteiger partial charge is 0.0846 e. The fourth-order valence-corrected chi connectivity index (χ4v) is 3.92. The van der Waals surface area contributed by atoms with E-state index in [9.17, 15) is 5.26 Å². The zero-order valence-electron chi connectivity index (χ0n) is 17.3. The summed E-state index contributed by atoms with van der Waals surface area (Å²) >= 11 is 12.3. The molecule has 28 heavy (non-hydrogen) atoms. The number of likely N-dealkylation sites (N-methyl/N-ethyl adjacent to an activating group) is 1. The van der Waals surface area contributed by atoms with E-state index in [1.165, 1.54) is 5.56 Å². The number of hydrogen-bond acceptors (Lipinski definition) is 2. The molecule has 0 aliphatic rings. The Kier molecular flexibility index (Phi) is 8.38. The minimum atomic E-state index is -0.567. The van der Waals surface area contributed by atoms with Gasteiger partial charge in [0, 0.05) is 12.6 Å². The molecule has 0 radical (unpaired) electrons. The maximum absolute atomic E-state index is 10.1. The molecule has 0 amide bonds. The molecule has 0 N–H and O–H groups in total. The van der Waals surface area contributed by atoms with Crippen molar-refractivity contribution in [1.29, 1.82) is 5.26 Å². The van der Waals surface area contributed by atoms with Crippen molar-refractivity contribution >= 4 is 23.2 Å². The van der Waals surface area contributed by atoms with Crippen LogP contribution in [0.15, 0.2) is 48.5 Å². The van der Waals surface area contributed by atoms with Gasteiger partial charge in [-0.1, -0.05) is 73.4 Å². The highest BCUT2D eigenvalue weighted by atomic mass is 35.5. The summed E-state index contributed by atoms with van der Waals surface area (Å²) in [7, 11) is 2.16. The van der Waals surface area contributed by atoms with E-state index >= 15 is 0 Å². The lowest BCUT2D eigenvalue weighted by Crippen LogP contribution is -2.36. The van der Waals surface area contributed by atoms with Gasteiger partial charge in [-0.2, -0.15) is 5.26 Å². The summed E-state index contributed by atoms with van der Waals surface area (Å²) < 4.78 is 0. The first-order valence-electron chi connectivity index (χ1n) is 9.91. The number of nitriles is 1. The highest BCUT2D eigenvalue weighted by Crippen LogP contribution is 2.39. The Bertz CT molecular complexity index is 798. The summed E-state index contributed by atoms with van der Waals surface area (Å²) in [6.07, 6.45) is 2.76. The van der Waals surface area contributed by atoms with Crippen LogP contribution >= 0.6 is 23.2 Å². The van der Waals surface area contributed by atoms with Crippen molar-refractivity contribution in [3.63, 3.8) is 0 Å². The van der Waals surface area contributed by atoms with Crippen LogP contribution in [0.25, 0.3) is 0 Å². The third-order valence-corrected chi connectivity index (χ3v) is 6.66. The van der Waals surface area contributed by atoms with Crippen LogP contribution < -0.4 is 0 Å². The Balaban J connectivity index is 2.06. The van der Waals surface area contributed by atoms with Gasteiger partial charge in [-0.05, 0) is 62.4 Å². The second-order valence-corrected chi connectivity index (χ2v) is 8.79. The fourth-order valence-electron chi connectivity index (χ4n) is 3.62. The molecule has 0 aliphatic carbocycles. The second kappa shape index (κ2) is 10.3. The monoisotopic (exact) mass is 416 g/mol. The van der Waals surface area contributed by atoms with Crippen molar-refractivity contribution in [2.24, 2.45) is 5.92 Å². The Morgan fingerprint density at radius 3 is 2.29 bits per heavy atom. The van der Waals surface area contributed by atoms with E-state index in [1.54, 1.807) is 6.07 Å². The second-order valence-electron chi connectivity index (χ2n) is 7.97. The minimum Gasteiger partial charge on any atom is -0.303 e. The predicted octanol–water partition coefficient (Wildman–Crippen LogP) is 6.75. The molecule has 2 unspecified atom stereocenters. The number of nitrogens with zero attached hydrogens (tertiary/aromatic N) is 2. The van der Waals surface area contributed by atoms with Crippen molar-refractivity contribution in [3.8, 4) is 6.07 Å². The molecular formula is C24H30Cl2N2. The van der Waals surface area contributed by atoms with Crippen molar-refractivity contribution in [3.05, 3.63) is 69.7 Å². The standard InChI is InChI=1S/C24H30Cl2N2/c1-18(2)24(17-27,21-10-11-22(25)23(26)16-21)14-12-19(3)28(4)15-13-20-8-6-5-7-9-20/h5-11,16,18-19H,12-15H2,1-4H3. The highest BCUT2D eigenvalue weighted by Gasteiger charge is 2.36. The van der Waals surface area contributed by atoms with Crippen LogP contribution in [0.2, 0.25) is 10.0 Å². The van der Waals surface area contributed by atoms with Gasteiger partial charge < -0.3 is 4.90 Å². The molecule has 0 saturated carbocycles. The summed E-state index contributed by atoms with van der Waals surface area (Å²) in [4.78, 5) is 2.38. The van der Waals surface area contributed by atoms with Gasteiger partial charge in [-0.25, -0.2) is 0 Å². The highest BCUT2D eigenvalue weighted by molar-refractivity contribution is 6.42. The molecule has 2 nitrogen and oxygen atoms in total. The molecule has 2 rings (SSSR count). The first-order valence-corrected chi connectivity index (χ1v) is 10.7. The first kappa shape index (κ1) is 22.8. The zero-order valence-corrected chi connectivity index (χ0v) is 18.8. The predicted molar refractivity (Wildman–Crippen MR) is 120 cm³/mol. The number of halogens is 2. The third kappa shape index (κ3) is 5.51. The Morgan fingerprint density at radius 1 is 1.04 bits per heavy atom. The van der Waals surface area contributed by atoms with E-state index < -0.39 is 5.41 Å². The molecule has 0 aliphatic heterocycles. The molecule has 0 fully saturated rings. The van der Waals surface area contributed by atoms with Gasteiger partial charge in [0.05, 0.1) is 21.5 Å². The van der Waals surface area contributed by atoms with E-state index in [-0.39, 0.29) is 5.92 Å². The normalized spacial score (nSPS) is 14.7. The number of hydrogen-bond donors (Lipinski definition) is 0. The molecule has 2 aromatic carbocycles. The average Bonchev–Trinajstić information content (AvgIpc) is 2.69. The van der Waals surface area contributed by atoms with E-state index in [0.717, 1.165) is 31.4 Å². The Labute approximate surface area is 180 Å². The van der Waals surface area contributed by atoms with Crippen LogP contribution in [0.4, 0.5) is 0 Å². The lowest BCUT2D eigenvalue weighted by atomic mass is 9.69. The zero-order chi connectivity index (χ0) is 20.7. The number of benzene rings is 2. The molecule has 0 bridgehead atoms. The maximum Gasteiger partial charge on any atom is 0.0846 e. The van der Waals surface area contributed by atoms with E-state index in [1.807, 2.05) is 18.2 Å². The molecule has 0 aromatic heterocycles. The largest absolute Gasteiger partial charge is 0.303 e. The van der Waals surface area contributed by atoms with Gasteiger partial charge in [-0.3, -0.25) is 0 Å². The first-order chi connectivity index (χ1) is 13.3. The fraction of sp³-hybridized carbons (Fsp3) is 0.458. The molecule has 2 atom stereocenters. The molecular weight excluding hydrogens is 387 g/mol. The van der Waals surface area contributed by atoms with Crippen LogP contribution in [0.1, 0.15) is 44.7 Å². The molecule has 2 aromatic rings. The summed E-state index contributed by atoms with van der Waals surface area (Å²) in [6.45, 7) is 7.45. The maximum atomic E-state index is 10.1. The molecule has 4 heteroatoms. The van der Waals surface area contributed by atoms with E-state index in [0.29, 0.717) is 16.1 Å². The number of rotatable bonds is 9. The van der Waals surface area contributed by atoms with Gasteiger partial charge in [0.25, 0.3) is 0 Å². The summed E-state index contributed by atoms with van der Waals surface area (Å²) in [5, 5.41) is 11.2. The molecule has 150 valence electrons. The van der Waals surface area contributed by atoms with Crippen molar-refractivity contribution in [2.45, 2.75) is 51.5 Å². The van der Waals surface area contributed by atoms with Gasteiger partial charge >= 0.3 is 0 Å². The van der Waals surface area contributed by atoms with E-state index in [2.05, 4.69) is 63.1 Å². The van der Waals surface area contributed by atoms with Crippen molar-refractivity contribution < 1.29 is 0 Å². The SMILES string of the molecule is CC(CCC(C#N)(c1ccc(Cl)c(Cl)c1)C(C)C)N(C)CCc1ccccc1. The molecule has 0 spiro atoms. The lowest BCUT2D eigenvalue weighted by molar-refractivity contribution is 0.225. The van der Waals surface area contributed by atoms with Crippen LogP contribution in [-0.2, 0) is 11.8 Å². The van der Waals surface area contributed by atoms with Gasteiger partial charge in [0.15, 0.2) is 0 Å². The summed E-state index contributed by atoms with van der Waals surface area (Å²) in [5.41, 5.74) is 1.74. The Morgan fingerprint density at radius 2 is 1.71 bits per heavy atom. The Hall–Kier alpha value is -1.53. The average molecular weight is 417 g/mol.